The van der Waals surface area contributed by atoms with Crippen LogP contribution in [-0.4, -0.2) is 10.9 Å². The molecule has 0 saturated carbocycles. The number of hydrogen-bond donors (Lipinski definition) is 0. The third-order valence-corrected chi connectivity index (χ3v) is 2.90. The Bertz CT molecular complexity index is 676. The number of ether oxygens (including phenoxy) is 1. The number of nitrogens with zero attached hydrogens (tertiary/aromatic N) is 1. The smallest absolute Gasteiger partial charge is 0.165 e. The second-order valence-electron chi connectivity index (χ2n) is 4.55. The van der Waals surface area contributed by atoms with Gasteiger partial charge in [-0.2, -0.15) is 0 Å². The molecular weight excluding hydrogens is 289 g/mol. The Kier molecular flexibility index (Phi) is 5.59. The maximum absolute atomic E-state index is 13.7. The highest BCUT2D eigenvalue weighted by Gasteiger charge is 2.05. The van der Waals surface area contributed by atoms with Gasteiger partial charge in [0, 0.05) is 35.8 Å². The molecule has 2 rings (SSSR count). The van der Waals surface area contributed by atoms with Crippen molar-refractivity contribution in [2.75, 3.05) is 5.88 Å². The molecular formula is C17H15ClFNO. The van der Waals surface area contributed by atoms with Crippen LogP contribution in [0.2, 0.25) is 0 Å². The third-order valence-electron chi connectivity index (χ3n) is 2.71. The highest BCUT2D eigenvalue weighted by atomic mass is 35.5. The van der Waals surface area contributed by atoms with E-state index in [9.17, 15) is 4.39 Å². The summed E-state index contributed by atoms with van der Waals surface area (Å²) in [7, 11) is 0. The van der Waals surface area contributed by atoms with Crippen LogP contribution in [0.1, 0.15) is 23.1 Å². The predicted octanol–water partition coefficient (Wildman–Crippen LogP) is 4.09. The quantitative estimate of drug-likeness (QED) is 0.627. The molecule has 0 spiro atoms. The molecule has 0 bridgehead atoms. The second kappa shape index (κ2) is 7.66. The number of alkyl halides is 1. The van der Waals surface area contributed by atoms with Gasteiger partial charge in [0.2, 0.25) is 0 Å². The van der Waals surface area contributed by atoms with Gasteiger partial charge in [-0.05, 0) is 36.8 Å². The van der Waals surface area contributed by atoms with Crippen LogP contribution in [0, 0.1) is 24.6 Å². The van der Waals surface area contributed by atoms with Crippen molar-refractivity contribution < 1.29 is 9.13 Å². The average molecular weight is 304 g/mol. The fourth-order valence-electron chi connectivity index (χ4n) is 1.76. The molecule has 21 heavy (non-hydrogen) atoms. The molecule has 0 N–H and O–H groups in total. The zero-order chi connectivity index (χ0) is 15.1. The molecule has 0 fully saturated rings. The fourth-order valence-corrected chi connectivity index (χ4v) is 1.86. The largest absolute Gasteiger partial charge is 0.486 e. The van der Waals surface area contributed by atoms with E-state index in [1.165, 1.54) is 6.07 Å². The first-order valence-corrected chi connectivity index (χ1v) is 7.10. The van der Waals surface area contributed by atoms with Crippen molar-refractivity contribution in [3.8, 4) is 17.6 Å². The first-order valence-electron chi connectivity index (χ1n) is 6.57. The molecule has 0 atom stereocenters. The normalized spacial score (nSPS) is 9.86. The van der Waals surface area contributed by atoms with Crippen LogP contribution in [0.3, 0.4) is 0 Å². The van der Waals surface area contributed by atoms with Gasteiger partial charge in [-0.25, -0.2) is 4.39 Å². The Labute approximate surface area is 128 Å². The molecule has 2 aromatic rings. The van der Waals surface area contributed by atoms with Gasteiger partial charge < -0.3 is 4.74 Å². The molecule has 2 nitrogen and oxygen atoms in total. The van der Waals surface area contributed by atoms with E-state index >= 15 is 0 Å². The number of halogens is 2. The maximum Gasteiger partial charge on any atom is 0.165 e. The van der Waals surface area contributed by atoms with Gasteiger partial charge in [0.05, 0.1) is 0 Å². The van der Waals surface area contributed by atoms with Crippen LogP contribution >= 0.6 is 11.6 Å². The van der Waals surface area contributed by atoms with Gasteiger partial charge in [-0.15, -0.1) is 11.6 Å². The van der Waals surface area contributed by atoms with E-state index in [1.807, 2.05) is 13.0 Å². The summed E-state index contributed by atoms with van der Waals surface area (Å²) in [4.78, 5) is 4.08. The summed E-state index contributed by atoms with van der Waals surface area (Å²) in [5.74, 6) is 6.11. The maximum atomic E-state index is 13.7. The summed E-state index contributed by atoms with van der Waals surface area (Å²) in [5, 5.41) is 0. The minimum Gasteiger partial charge on any atom is -0.486 e. The standard InChI is InChI=1S/C17H15ClFNO/c1-13-8-15(11-20-10-13)12-21-17-9-14(4-2-3-7-18)5-6-16(17)19/h5-6,8-11H,3,7,12H2,1H3. The van der Waals surface area contributed by atoms with Crippen molar-refractivity contribution in [1.29, 1.82) is 0 Å². The van der Waals surface area contributed by atoms with Crippen LogP contribution < -0.4 is 4.74 Å². The number of aromatic nitrogens is 1. The highest BCUT2D eigenvalue weighted by molar-refractivity contribution is 6.18. The number of hydrogen-bond acceptors (Lipinski definition) is 2. The fraction of sp³-hybridized carbons (Fsp3) is 0.235. The SMILES string of the molecule is Cc1cncc(COc2cc(C#CCCCl)ccc2F)c1. The minimum absolute atomic E-state index is 0.189. The lowest BCUT2D eigenvalue weighted by molar-refractivity contribution is 0.289. The lowest BCUT2D eigenvalue weighted by Gasteiger charge is -2.08. The van der Waals surface area contributed by atoms with E-state index in [0.717, 1.165) is 11.1 Å². The summed E-state index contributed by atoms with van der Waals surface area (Å²) in [6.07, 6.45) is 4.07. The van der Waals surface area contributed by atoms with Crippen LogP contribution in [-0.2, 0) is 6.61 Å². The summed E-state index contributed by atoms with van der Waals surface area (Å²) in [5.41, 5.74) is 2.64. The molecule has 0 aliphatic rings. The summed E-state index contributed by atoms with van der Waals surface area (Å²) in [6, 6.07) is 6.53. The van der Waals surface area contributed by atoms with Gasteiger partial charge in [0.15, 0.2) is 11.6 Å². The van der Waals surface area contributed by atoms with Crippen LogP contribution in [0.5, 0.6) is 5.75 Å². The molecule has 1 heterocycles. The monoisotopic (exact) mass is 303 g/mol. The van der Waals surface area contributed by atoms with Gasteiger partial charge in [-0.1, -0.05) is 11.8 Å². The molecule has 108 valence electrons. The van der Waals surface area contributed by atoms with Crippen molar-refractivity contribution in [3.63, 3.8) is 0 Å². The van der Waals surface area contributed by atoms with Gasteiger partial charge in [0.25, 0.3) is 0 Å². The number of aryl methyl sites for hydroxylation is 1. The average Bonchev–Trinajstić information content (AvgIpc) is 2.48. The van der Waals surface area contributed by atoms with Gasteiger partial charge in [0.1, 0.15) is 6.61 Å². The summed E-state index contributed by atoms with van der Waals surface area (Å²) in [6.45, 7) is 2.22. The second-order valence-corrected chi connectivity index (χ2v) is 4.92. The molecule has 0 unspecified atom stereocenters. The van der Waals surface area contributed by atoms with Crippen LogP contribution in [0.15, 0.2) is 36.7 Å². The zero-order valence-corrected chi connectivity index (χ0v) is 12.5. The molecule has 0 saturated heterocycles. The lowest BCUT2D eigenvalue weighted by atomic mass is 10.2. The zero-order valence-electron chi connectivity index (χ0n) is 11.7. The van der Waals surface area contributed by atoms with Crippen molar-refractivity contribution >= 4 is 11.6 Å². The van der Waals surface area contributed by atoms with Crippen molar-refractivity contribution in [1.82, 2.24) is 4.98 Å². The third kappa shape index (κ3) is 4.77. The predicted molar refractivity (Wildman–Crippen MR) is 81.9 cm³/mol. The van der Waals surface area contributed by atoms with Gasteiger partial charge in [-0.3, -0.25) is 4.98 Å². The van der Waals surface area contributed by atoms with E-state index in [0.29, 0.717) is 17.9 Å². The summed E-state index contributed by atoms with van der Waals surface area (Å²) >= 11 is 5.56. The Balaban J connectivity index is 2.09. The van der Waals surface area contributed by atoms with Crippen molar-refractivity contribution in [3.05, 3.63) is 59.2 Å². The van der Waals surface area contributed by atoms with E-state index in [2.05, 4.69) is 16.8 Å². The lowest BCUT2D eigenvalue weighted by Crippen LogP contribution is -1.99. The van der Waals surface area contributed by atoms with E-state index in [4.69, 9.17) is 16.3 Å². The number of pyridine rings is 1. The molecule has 1 aromatic carbocycles. The molecule has 0 amide bonds. The number of benzene rings is 1. The topological polar surface area (TPSA) is 22.1 Å². The first kappa shape index (κ1) is 15.3. The number of rotatable bonds is 4. The Morgan fingerprint density at radius 1 is 1.29 bits per heavy atom. The Morgan fingerprint density at radius 2 is 2.14 bits per heavy atom. The van der Waals surface area contributed by atoms with Crippen LogP contribution in [0.4, 0.5) is 4.39 Å². The minimum atomic E-state index is -0.404. The van der Waals surface area contributed by atoms with E-state index in [-0.39, 0.29) is 12.4 Å². The first-order chi connectivity index (χ1) is 10.2. The molecule has 0 aliphatic carbocycles. The molecule has 0 aliphatic heterocycles. The highest BCUT2D eigenvalue weighted by Crippen LogP contribution is 2.20. The Hall–Kier alpha value is -2.05. The molecule has 0 radical (unpaired) electrons. The van der Waals surface area contributed by atoms with Crippen molar-refractivity contribution in [2.24, 2.45) is 0 Å². The van der Waals surface area contributed by atoms with E-state index < -0.39 is 5.82 Å². The molecule has 4 heteroatoms. The van der Waals surface area contributed by atoms with Crippen molar-refractivity contribution in [2.45, 2.75) is 20.0 Å². The van der Waals surface area contributed by atoms with Crippen LogP contribution in [0.25, 0.3) is 0 Å². The molecule has 1 aromatic heterocycles. The Morgan fingerprint density at radius 3 is 2.90 bits per heavy atom. The van der Waals surface area contributed by atoms with Gasteiger partial charge >= 0.3 is 0 Å². The summed E-state index contributed by atoms with van der Waals surface area (Å²) < 4.78 is 19.2. The van der Waals surface area contributed by atoms with E-state index in [1.54, 1.807) is 24.5 Å².